The van der Waals surface area contributed by atoms with Gasteiger partial charge in [0, 0.05) is 16.6 Å². The number of hydrogen-bond donors (Lipinski definition) is 1. The Morgan fingerprint density at radius 3 is 2.75 bits per heavy atom. The molecule has 1 amide bonds. The number of ether oxygens (including phenoxy) is 1. The maximum atomic E-state index is 12.6. The van der Waals surface area contributed by atoms with E-state index in [1.165, 1.54) is 0 Å². The molecule has 1 aromatic heterocycles. The second kappa shape index (κ2) is 7.24. The third kappa shape index (κ3) is 3.65. The average molecular weight is 442 g/mol. The van der Waals surface area contributed by atoms with Gasteiger partial charge in [0.2, 0.25) is 0 Å². The first-order valence-electron chi connectivity index (χ1n) is 9.55. The highest BCUT2D eigenvalue weighted by Gasteiger charge is 2.34. The van der Waals surface area contributed by atoms with Crippen LogP contribution in [-0.2, 0) is 4.74 Å². The van der Waals surface area contributed by atoms with Crippen molar-refractivity contribution in [3.63, 3.8) is 0 Å². The molecule has 1 N–H and O–H groups in total. The fourth-order valence-corrected chi connectivity index (χ4v) is 4.24. The summed E-state index contributed by atoms with van der Waals surface area (Å²) >= 11 is 3.63. The fourth-order valence-electron chi connectivity index (χ4n) is 3.74. The highest BCUT2D eigenvalue weighted by atomic mass is 79.9. The van der Waals surface area contributed by atoms with Crippen molar-refractivity contribution < 1.29 is 9.53 Å². The van der Waals surface area contributed by atoms with Crippen molar-refractivity contribution >= 4 is 32.8 Å². The van der Waals surface area contributed by atoms with Crippen LogP contribution in [0, 0.1) is 0 Å². The van der Waals surface area contributed by atoms with Crippen LogP contribution in [0.4, 0.5) is 4.79 Å². The van der Waals surface area contributed by atoms with Gasteiger partial charge >= 0.3 is 6.09 Å². The molecule has 1 atom stereocenters. The summed E-state index contributed by atoms with van der Waals surface area (Å²) in [7, 11) is 0. The van der Waals surface area contributed by atoms with Crippen LogP contribution in [0.3, 0.4) is 0 Å². The van der Waals surface area contributed by atoms with Gasteiger partial charge < -0.3 is 9.72 Å². The van der Waals surface area contributed by atoms with Crippen molar-refractivity contribution in [3.05, 3.63) is 52.9 Å². The molecule has 5 nitrogen and oxygen atoms in total. The van der Waals surface area contributed by atoms with E-state index in [9.17, 15) is 4.79 Å². The van der Waals surface area contributed by atoms with Crippen LogP contribution in [0.25, 0.3) is 22.0 Å². The van der Waals surface area contributed by atoms with Crippen molar-refractivity contribution in [1.29, 1.82) is 0 Å². The van der Waals surface area contributed by atoms with Gasteiger partial charge in [-0.15, -0.1) is 0 Å². The van der Waals surface area contributed by atoms with E-state index >= 15 is 0 Å². The minimum atomic E-state index is -0.505. The topological polar surface area (TPSA) is 58.2 Å². The molecule has 1 saturated heterocycles. The number of H-pyrrole nitrogens is 1. The monoisotopic (exact) mass is 441 g/mol. The zero-order valence-corrected chi connectivity index (χ0v) is 17.9. The number of benzene rings is 2. The predicted octanol–water partition coefficient (Wildman–Crippen LogP) is 6.06. The minimum absolute atomic E-state index is 0.0784. The highest BCUT2D eigenvalue weighted by Crippen LogP contribution is 2.35. The summed E-state index contributed by atoms with van der Waals surface area (Å²) in [6.45, 7) is 6.36. The average Bonchev–Trinajstić information content (AvgIpc) is 3.29. The van der Waals surface area contributed by atoms with Crippen molar-refractivity contribution in [3.8, 4) is 11.3 Å². The number of halogens is 1. The molecule has 1 aliphatic heterocycles. The third-order valence-electron chi connectivity index (χ3n) is 4.95. The summed E-state index contributed by atoms with van der Waals surface area (Å²) in [6, 6.07) is 12.3. The molecule has 0 bridgehead atoms. The lowest BCUT2D eigenvalue weighted by atomic mass is 10.0. The maximum Gasteiger partial charge on any atom is 0.410 e. The Balaban J connectivity index is 1.65. The lowest BCUT2D eigenvalue weighted by Gasteiger charge is -2.27. The van der Waals surface area contributed by atoms with Crippen LogP contribution in [0.1, 0.15) is 45.5 Å². The van der Waals surface area contributed by atoms with E-state index in [1.807, 2.05) is 45.2 Å². The number of imidazole rings is 1. The van der Waals surface area contributed by atoms with Gasteiger partial charge in [0.15, 0.2) is 0 Å². The smallest absolute Gasteiger partial charge is 0.410 e. The molecule has 3 aromatic rings. The van der Waals surface area contributed by atoms with Crippen molar-refractivity contribution in [2.75, 3.05) is 6.54 Å². The Morgan fingerprint density at radius 2 is 1.96 bits per heavy atom. The van der Waals surface area contributed by atoms with Gasteiger partial charge in [0.05, 0.1) is 17.9 Å². The van der Waals surface area contributed by atoms with Gasteiger partial charge in [-0.05, 0) is 50.5 Å². The van der Waals surface area contributed by atoms with Crippen molar-refractivity contribution in [1.82, 2.24) is 14.9 Å². The SMILES string of the molecule is CC(C)(C)OC(=O)N1CCC[C@@H]1c1ncc(-c2cccc3c(Br)cccc23)[nH]1. The fraction of sp³-hybridized carbons (Fsp3) is 0.364. The van der Waals surface area contributed by atoms with Gasteiger partial charge in [-0.3, -0.25) is 4.90 Å². The predicted molar refractivity (Wildman–Crippen MR) is 114 cm³/mol. The molecule has 1 fully saturated rings. The van der Waals surface area contributed by atoms with Crippen LogP contribution in [0.2, 0.25) is 0 Å². The molecule has 0 saturated carbocycles. The molecule has 2 heterocycles. The molecule has 0 aliphatic carbocycles. The number of carbonyl (C=O) groups excluding carboxylic acids is 1. The summed E-state index contributed by atoms with van der Waals surface area (Å²) < 4.78 is 6.64. The van der Waals surface area contributed by atoms with E-state index in [0.717, 1.165) is 45.2 Å². The maximum absolute atomic E-state index is 12.6. The lowest BCUT2D eigenvalue weighted by Crippen LogP contribution is -2.36. The first kappa shape index (κ1) is 19.0. The second-order valence-corrected chi connectivity index (χ2v) is 9.01. The molecule has 6 heteroatoms. The Morgan fingerprint density at radius 1 is 1.21 bits per heavy atom. The lowest BCUT2D eigenvalue weighted by molar-refractivity contribution is 0.0219. The van der Waals surface area contributed by atoms with Crippen molar-refractivity contribution in [2.24, 2.45) is 0 Å². The number of nitrogens with zero attached hydrogens (tertiary/aromatic N) is 2. The second-order valence-electron chi connectivity index (χ2n) is 8.15. The Hall–Kier alpha value is -2.34. The molecule has 2 aromatic carbocycles. The standard InChI is InChI=1S/C22H24BrN3O2/c1-22(2,3)28-21(27)26-12-6-11-19(26)20-24-13-18(25-20)16-9-4-8-15-14(16)7-5-10-17(15)23/h4-5,7-10,13,19H,6,11-12H2,1-3H3,(H,24,25)/t19-/m1/s1. The van der Waals surface area contributed by atoms with Crippen LogP contribution in [-0.4, -0.2) is 33.1 Å². The van der Waals surface area contributed by atoms with Gasteiger partial charge in [-0.25, -0.2) is 9.78 Å². The largest absolute Gasteiger partial charge is 0.444 e. The first-order chi connectivity index (χ1) is 13.3. The number of hydrogen-bond acceptors (Lipinski definition) is 3. The van der Waals surface area contributed by atoms with Gasteiger partial charge in [-0.2, -0.15) is 0 Å². The van der Waals surface area contributed by atoms with Gasteiger partial charge in [-0.1, -0.05) is 46.3 Å². The summed E-state index contributed by atoms with van der Waals surface area (Å²) in [5, 5.41) is 2.31. The number of likely N-dealkylation sites (tertiary alicyclic amines) is 1. The van der Waals surface area contributed by atoms with Crippen LogP contribution >= 0.6 is 15.9 Å². The van der Waals surface area contributed by atoms with Gasteiger partial charge in [0.25, 0.3) is 0 Å². The molecular weight excluding hydrogens is 418 g/mol. The molecule has 4 rings (SSSR count). The van der Waals surface area contributed by atoms with E-state index in [1.54, 1.807) is 4.90 Å². The zero-order chi connectivity index (χ0) is 19.9. The van der Waals surface area contributed by atoms with Crippen molar-refractivity contribution in [2.45, 2.75) is 45.3 Å². The van der Waals surface area contributed by atoms with Crippen LogP contribution < -0.4 is 0 Å². The number of nitrogens with one attached hydrogen (secondary N) is 1. The van der Waals surface area contributed by atoms with Crippen LogP contribution in [0.15, 0.2) is 47.1 Å². The Bertz CT molecular complexity index is 1020. The van der Waals surface area contributed by atoms with E-state index in [4.69, 9.17) is 4.74 Å². The molecule has 0 radical (unpaired) electrons. The first-order valence-corrected chi connectivity index (χ1v) is 10.3. The number of aromatic amines is 1. The van der Waals surface area contributed by atoms with Gasteiger partial charge in [0.1, 0.15) is 11.4 Å². The zero-order valence-electron chi connectivity index (χ0n) is 16.3. The molecule has 0 spiro atoms. The number of rotatable bonds is 2. The summed E-state index contributed by atoms with van der Waals surface area (Å²) in [5.41, 5.74) is 1.55. The number of amides is 1. The third-order valence-corrected chi connectivity index (χ3v) is 5.64. The number of carbonyl (C=O) groups is 1. The molecule has 0 unspecified atom stereocenters. The minimum Gasteiger partial charge on any atom is -0.444 e. The quantitative estimate of drug-likeness (QED) is 0.525. The summed E-state index contributed by atoms with van der Waals surface area (Å²) in [5.74, 6) is 0.811. The number of fused-ring (bicyclic) bond motifs is 1. The molecular formula is C22H24BrN3O2. The van der Waals surface area contributed by atoms with E-state index in [2.05, 4.69) is 44.1 Å². The van der Waals surface area contributed by atoms with E-state index in [0.29, 0.717) is 6.54 Å². The van der Waals surface area contributed by atoms with Crippen LogP contribution in [0.5, 0.6) is 0 Å². The van der Waals surface area contributed by atoms with E-state index in [-0.39, 0.29) is 12.1 Å². The Kier molecular flexibility index (Phi) is 4.91. The normalized spacial score (nSPS) is 17.3. The Labute approximate surface area is 173 Å². The summed E-state index contributed by atoms with van der Waals surface area (Å²) in [6.07, 6.45) is 3.41. The van der Waals surface area contributed by atoms with E-state index < -0.39 is 5.60 Å². The summed E-state index contributed by atoms with van der Waals surface area (Å²) in [4.78, 5) is 22.4. The molecule has 1 aliphatic rings. The highest BCUT2D eigenvalue weighted by molar-refractivity contribution is 9.10. The molecule has 28 heavy (non-hydrogen) atoms. The number of aromatic nitrogens is 2. The molecule has 146 valence electrons.